The van der Waals surface area contributed by atoms with Crippen molar-refractivity contribution in [1.82, 2.24) is 24.3 Å². The number of carbonyl (C=O) groups is 1. The molecule has 2 aromatic carbocycles. The lowest BCUT2D eigenvalue weighted by molar-refractivity contribution is 0.102. The van der Waals surface area contributed by atoms with Crippen molar-refractivity contribution in [3.8, 4) is 22.8 Å². The Kier molecular flexibility index (Phi) is 5.09. The average molecular weight is 476 g/mol. The van der Waals surface area contributed by atoms with Gasteiger partial charge in [0, 0.05) is 12.1 Å². The molecule has 0 saturated heterocycles. The Morgan fingerprint density at radius 2 is 2.11 bits per heavy atom. The van der Waals surface area contributed by atoms with Crippen LogP contribution in [0.15, 0.2) is 49.2 Å². The molecule has 2 aliphatic rings. The quantitative estimate of drug-likeness (QED) is 0.455. The number of nitrogens with zero attached hydrogens (tertiary/aromatic N) is 5. The summed E-state index contributed by atoms with van der Waals surface area (Å²) < 4.78 is 37.7. The molecular weight excluding hydrogens is 454 g/mol. The second kappa shape index (κ2) is 8.30. The molecular formula is C25H22F2N6O2. The van der Waals surface area contributed by atoms with Crippen LogP contribution in [0.3, 0.4) is 0 Å². The summed E-state index contributed by atoms with van der Waals surface area (Å²) in [5, 5.41) is 6.88. The number of amides is 1. The number of aromatic nitrogens is 5. The van der Waals surface area contributed by atoms with Gasteiger partial charge >= 0.3 is 0 Å². The third kappa shape index (κ3) is 3.74. The number of ether oxygens (including phenoxy) is 1. The van der Waals surface area contributed by atoms with E-state index in [1.54, 1.807) is 31.5 Å². The van der Waals surface area contributed by atoms with Crippen LogP contribution in [-0.4, -0.2) is 43.5 Å². The SMILES string of the molecule is Cc1cc(F)c(C(=O)Nc2cccc3c2OC[C@@H](CF)n2ncnc2-3)cc1-n1cnc(C2CC2)c1. The summed E-state index contributed by atoms with van der Waals surface area (Å²) in [6.45, 7) is 1.12. The Hall–Kier alpha value is -4.08. The van der Waals surface area contributed by atoms with Crippen molar-refractivity contribution in [3.63, 3.8) is 0 Å². The molecule has 0 bridgehead atoms. The lowest BCUT2D eigenvalue weighted by atomic mass is 10.1. The summed E-state index contributed by atoms with van der Waals surface area (Å²) in [5.74, 6) is -0.00694. The topological polar surface area (TPSA) is 86.9 Å². The monoisotopic (exact) mass is 476 g/mol. The lowest BCUT2D eigenvalue weighted by Gasteiger charge is -2.15. The molecule has 1 amide bonds. The number of benzene rings is 2. The summed E-state index contributed by atoms with van der Waals surface area (Å²) in [6, 6.07) is 7.35. The standard InChI is InChI=1S/C25H22F2N6O2/c1-14-7-19(27)18(8-22(14)32-10-21(29-13-32)15-5-6-15)25(34)31-20-4-2-3-17-23(20)35-11-16(9-26)33-24(17)28-12-30-33/h2-4,7-8,10,12-13,15-16H,5-6,9,11H2,1H3,(H,31,34)/t16-/m1/s1. The molecule has 35 heavy (non-hydrogen) atoms. The molecule has 8 nitrogen and oxygen atoms in total. The highest BCUT2D eigenvalue weighted by Gasteiger charge is 2.28. The first-order chi connectivity index (χ1) is 17.0. The van der Waals surface area contributed by atoms with Crippen LogP contribution >= 0.6 is 0 Å². The van der Waals surface area contributed by atoms with Crippen LogP contribution in [0.4, 0.5) is 14.5 Å². The smallest absolute Gasteiger partial charge is 0.258 e. The molecule has 1 atom stereocenters. The highest BCUT2D eigenvalue weighted by Crippen LogP contribution is 2.40. The summed E-state index contributed by atoms with van der Waals surface area (Å²) >= 11 is 0. The number of carbonyl (C=O) groups excluding carboxylic acids is 1. The van der Waals surface area contributed by atoms with Gasteiger partial charge in [-0.1, -0.05) is 6.07 Å². The Morgan fingerprint density at radius 3 is 2.91 bits per heavy atom. The number of anilines is 1. The number of rotatable bonds is 5. The van der Waals surface area contributed by atoms with Gasteiger partial charge < -0.3 is 14.6 Å². The van der Waals surface area contributed by atoms with E-state index in [2.05, 4.69) is 20.4 Å². The van der Waals surface area contributed by atoms with Crippen LogP contribution in [0.1, 0.15) is 46.4 Å². The van der Waals surface area contributed by atoms with Gasteiger partial charge in [0.2, 0.25) is 0 Å². The number of fused-ring (bicyclic) bond motifs is 3. The van der Waals surface area contributed by atoms with E-state index in [9.17, 15) is 13.6 Å². The van der Waals surface area contributed by atoms with Gasteiger partial charge in [-0.25, -0.2) is 23.4 Å². The Labute approximate surface area is 199 Å². The minimum atomic E-state index is -0.680. The minimum absolute atomic E-state index is 0.0136. The van der Waals surface area contributed by atoms with Gasteiger partial charge in [0.1, 0.15) is 31.5 Å². The van der Waals surface area contributed by atoms with Gasteiger partial charge in [-0.15, -0.1) is 0 Å². The zero-order valence-electron chi connectivity index (χ0n) is 18.9. The normalized spacial score (nSPS) is 16.7. The number of nitrogens with one attached hydrogen (secondary N) is 1. The second-order valence-corrected chi connectivity index (χ2v) is 8.88. The van der Waals surface area contributed by atoms with Crippen LogP contribution in [0.2, 0.25) is 0 Å². The predicted molar refractivity (Wildman–Crippen MR) is 124 cm³/mol. The first-order valence-electron chi connectivity index (χ1n) is 11.4. The zero-order valence-corrected chi connectivity index (χ0v) is 18.9. The highest BCUT2D eigenvalue weighted by atomic mass is 19.1. The van der Waals surface area contributed by atoms with Crippen LogP contribution in [0, 0.1) is 12.7 Å². The van der Waals surface area contributed by atoms with Gasteiger partial charge in [0.15, 0.2) is 11.6 Å². The van der Waals surface area contributed by atoms with Crippen LogP contribution in [-0.2, 0) is 0 Å². The Bertz CT molecular complexity index is 1440. The lowest BCUT2D eigenvalue weighted by Crippen LogP contribution is -2.19. The molecule has 4 aromatic rings. The van der Waals surface area contributed by atoms with E-state index >= 15 is 0 Å². The summed E-state index contributed by atoms with van der Waals surface area (Å²) in [4.78, 5) is 21.9. The van der Waals surface area contributed by atoms with Gasteiger partial charge in [0.05, 0.1) is 34.5 Å². The van der Waals surface area contributed by atoms with E-state index in [0.29, 0.717) is 40.0 Å². The number of imidazole rings is 1. The molecule has 1 N–H and O–H groups in total. The van der Waals surface area contributed by atoms with Crippen molar-refractivity contribution in [3.05, 3.63) is 71.8 Å². The van der Waals surface area contributed by atoms with E-state index in [4.69, 9.17) is 4.74 Å². The van der Waals surface area contributed by atoms with Crippen LogP contribution in [0.25, 0.3) is 17.1 Å². The van der Waals surface area contributed by atoms with Crippen molar-refractivity contribution >= 4 is 11.6 Å². The van der Waals surface area contributed by atoms with Crippen LogP contribution in [0.5, 0.6) is 5.75 Å². The molecule has 1 aliphatic heterocycles. The summed E-state index contributed by atoms with van der Waals surface area (Å²) in [5.41, 5.74) is 3.16. The third-order valence-corrected chi connectivity index (χ3v) is 6.43. The summed E-state index contributed by atoms with van der Waals surface area (Å²) in [7, 11) is 0. The van der Waals surface area contributed by atoms with Gasteiger partial charge in [-0.05, 0) is 49.6 Å². The van der Waals surface area contributed by atoms with E-state index in [1.165, 1.54) is 23.1 Å². The fourth-order valence-corrected chi connectivity index (χ4v) is 4.40. The number of para-hydroxylation sites is 1. The predicted octanol–water partition coefficient (Wildman–Crippen LogP) is 4.61. The maximum absolute atomic E-state index is 14.9. The van der Waals surface area contributed by atoms with Crippen molar-refractivity contribution in [2.75, 3.05) is 18.6 Å². The molecule has 0 radical (unpaired) electrons. The highest BCUT2D eigenvalue weighted by molar-refractivity contribution is 6.06. The molecule has 1 saturated carbocycles. The molecule has 3 heterocycles. The Morgan fingerprint density at radius 1 is 1.26 bits per heavy atom. The fraction of sp³-hybridized carbons (Fsp3) is 0.280. The number of hydrogen-bond donors (Lipinski definition) is 1. The third-order valence-electron chi connectivity index (χ3n) is 6.43. The van der Waals surface area contributed by atoms with E-state index in [0.717, 1.165) is 18.5 Å². The average Bonchev–Trinajstić information content (AvgIpc) is 3.43. The van der Waals surface area contributed by atoms with Crippen LogP contribution < -0.4 is 10.1 Å². The number of aryl methyl sites for hydroxylation is 1. The molecule has 0 unspecified atom stereocenters. The molecule has 10 heteroatoms. The van der Waals surface area contributed by atoms with E-state index in [1.807, 2.05) is 10.8 Å². The van der Waals surface area contributed by atoms with Crippen molar-refractivity contribution in [2.45, 2.75) is 31.7 Å². The van der Waals surface area contributed by atoms with Gasteiger partial charge in [0.25, 0.3) is 5.91 Å². The van der Waals surface area contributed by atoms with Crippen molar-refractivity contribution in [1.29, 1.82) is 0 Å². The largest absolute Gasteiger partial charge is 0.488 e. The molecule has 1 fully saturated rings. The number of hydrogen-bond acceptors (Lipinski definition) is 5. The summed E-state index contributed by atoms with van der Waals surface area (Å²) in [6.07, 6.45) is 7.23. The number of halogens is 2. The molecule has 0 spiro atoms. The Balaban J connectivity index is 1.34. The van der Waals surface area contributed by atoms with E-state index < -0.39 is 24.4 Å². The second-order valence-electron chi connectivity index (χ2n) is 8.88. The zero-order chi connectivity index (χ0) is 24.1. The fourth-order valence-electron chi connectivity index (χ4n) is 4.40. The first kappa shape index (κ1) is 21.5. The molecule has 2 aromatic heterocycles. The van der Waals surface area contributed by atoms with Gasteiger partial charge in [-0.3, -0.25) is 4.79 Å². The minimum Gasteiger partial charge on any atom is -0.488 e. The number of alkyl halides is 1. The van der Waals surface area contributed by atoms with Gasteiger partial charge in [-0.2, -0.15) is 5.10 Å². The molecule has 1 aliphatic carbocycles. The maximum Gasteiger partial charge on any atom is 0.258 e. The van der Waals surface area contributed by atoms with Crippen molar-refractivity contribution < 1.29 is 18.3 Å². The first-order valence-corrected chi connectivity index (χ1v) is 11.4. The van der Waals surface area contributed by atoms with Crippen molar-refractivity contribution in [2.24, 2.45) is 0 Å². The maximum atomic E-state index is 14.9. The molecule has 6 rings (SSSR count). The molecule has 178 valence electrons. The van der Waals surface area contributed by atoms with E-state index in [-0.39, 0.29) is 12.2 Å².